The van der Waals surface area contributed by atoms with Gasteiger partial charge in [0.05, 0.1) is 20.8 Å². The Morgan fingerprint density at radius 1 is 1.07 bits per heavy atom. The molecule has 0 saturated carbocycles. The van der Waals surface area contributed by atoms with Gasteiger partial charge in [0.1, 0.15) is 10.0 Å². The van der Waals surface area contributed by atoms with Gasteiger partial charge in [-0.1, -0.05) is 35.3 Å². The molecule has 0 aliphatic heterocycles. The number of carbonyl (C=O) groups is 1. The number of para-hydroxylation sites is 1. The van der Waals surface area contributed by atoms with E-state index in [0.29, 0.717) is 15.6 Å². The molecule has 2 aromatic carbocycles. The van der Waals surface area contributed by atoms with Crippen LogP contribution < -0.4 is 5.32 Å². The summed E-state index contributed by atoms with van der Waals surface area (Å²) in [6, 6.07) is 12.9. The zero-order valence-electron chi connectivity index (χ0n) is 14.5. The van der Waals surface area contributed by atoms with Crippen LogP contribution in [0.5, 0.6) is 0 Å². The minimum Gasteiger partial charge on any atom is -0.313 e. The Bertz CT molecular complexity index is 1150. The van der Waals surface area contributed by atoms with Crippen molar-refractivity contribution in [2.24, 2.45) is 0 Å². The number of fused-ring (bicyclic) bond motifs is 1. The molecule has 7 heteroatoms. The summed E-state index contributed by atoms with van der Waals surface area (Å²) >= 11 is 15.3. The average molecular weight is 433 g/mol. The smallest absolute Gasteiger partial charge is 0.257 e. The maximum absolute atomic E-state index is 12.8. The molecule has 2 heterocycles. The summed E-state index contributed by atoms with van der Waals surface area (Å²) in [4.78, 5) is 18.7. The summed E-state index contributed by atoms with van der Waals surface area (Å²) in [6.45, 7) is 4.10. The summed E-state index contributed by atoms with van der Waals surface area (Å²) in [7, 11) is 0. The van der Waals surface area contributed by atoms with Crippen molar-refractivity contribution < 1.29 is 4.79 Å². The Balaban J connectivity index is 1.75. The second kappa shape index (κ2) is 7.24. The molecule has 0 atom stereocenters. The summed E-state index contributed by atoms with van der Waals surface area (Å²) < 4.78 is 1.12. The summed E-state index contributed by atoms with van der Waals surface area (Å²) in [6.07, 6.45) is 0. The summed E-state index contributed by atoms with van der Waals surface area (Å²) in [5.74, 6) is -0.264. The first-order valence-electron chi connectivity index (χ1n) is 8.16. The normalized spacial score (nSPS) is 11.1. The number of amides is 1. The van der Waals surface area contributed by atoms with E-state index in [9.17, 15) is 4.79 Å². The molecule has 0 aliphatic rings. The van der Waals surface area contributed by atoms with Crippen LogP contribution in [0.15, 0.2) is 42.5 Å². The molecule has 0 saturated heterocycles. The highest BCUT2D eigenvalue weighted by atomic mass is 35.5. The van der Waals surface area contributed by atoms with E-state index >= 15 is 0 Å². The molecule has 3 nitrogen and oxygen atoms in total. The topological polar surface area (TPSA) is 42.0 Å². The van der Waals surface area contributed by atoms with Crippen LogP contribution in [-0.4, -0.2) is 10.9 Å². The van der Waals surface area contributed by atoms with Gasteiger partial charge in [-0.05, 0) is 49.7 Å². The number of aromatic nitrogens is 1. The van der Waals surface area contributed by atoms with Gasteiger partial charge in [0.2, 0.25) is 0 Å². The lowest BCUT2D eigenvalue weighted by atomic mass is 10.1. The molecule has 4 rings (SSSR count). The Hall–Kier alpha value is -1.92. The Labute approximate surface area is 174 Å². The van der Waals surface area contributed by atoms with E-state index in [1.807, 2.05) is 25.1 Å². The Morgan fingerprint density at radius 3 is 2.59 bits per heavy atom. The first-order valence-corrected chi connectivity index (χ1v) is 10.6. The Morgan fingerprint density at radius 2 is 1.85 bits per heavy atom. The number of thiophene rings is 1. The van der Waals surface area contributed by atoms with Crippen LogP contribution in [0, 0.1) is 13.8 Å². The van der Waals surface area contributed by atoms with E-state index in [4.69, 9.17) is 28.2 Å². The van der Waals surface area contributed by atoms with Gasteiger partial charge < -0.3 is 5.32 Å². The lowest BCUT2D eigenvalue weighted by molar-refractivity contribution is 0.102. The van der Waals surface area contributed by atoms with Crippen molar-refractivity contribution in [3.63, 3.8) is 0 Å². The van der Waals surface area contributed by atoms with E-state index in [1.165, 1.54) is 0 Å². The summed E-state index contributed by atoms with van der Waals surface area (Å²) in [5, 5.41) is 5.51. The van der Waals surface area contributed by atoms with Crippen molar-refractivity contribution >= 4 is 67.0 Å². The van der Waals surface area contributed by atoms with Crippen LogP contribution in [0.2, 0.25) is 10.0 Å². The summed E-state index contributed by atoms with van der Waals surface area (Å²) in [5.41, 5.74) is 3.44. The zero-order chi connectivity index (χ0) is 19.1. The van der Waals surface area contributed by atoms with Gasteiger partial charge in [-0.25, -0.2) is 4.98 Å². The van der Waals surface area contributed by atoms with Crippen molar-refractivity contribution in [1.82, 2.24) is 4.98 Å². The van der Waals surface area contributed by atoms with E-state index in [-0.39, 0.29) is 5.91 Å². The molecule has 0 bridgehead atoms. The van der Waals surface area contributed by atoms with Crippen molar-refractivity contribution in [1.29, 1.82) is 0 Å². The van der Waals surface area contributed by atoms with Crippen LogP contribution in [0.25, 0.3) is 20.8 Å². The molecule has 27 heavy (non-hydrogen) atoms. The second-order valence-electron chi connectivity index (χ2n) is 6.05. The van der Waals surface area contributed by atoms with Crippen LogP contribution in [0.3, 0.4) is 0 Å². The second-order valence-corrected chi connectivity index (χ2v) is 9.15. The molecule has 0 aliphatic carbocycles. The van der Waals surface area contributed by atoms with Gasteiger partial charge in [-0.3, -0.25) is 4.79 Å². The highest BCUT2D eigenvalue weighted by Crippen LogP contribution is 2.43. The molecular formula is C20H14Cl2N2OS2. The number of carbonyl (C=O) groups excluding carboxylic acids is 1. The fourth-order valence-corrected chi connectivity index (χ4v) is 5.49. The molecule has 0 radical (unpaired) electrons. The van der Waals surface area contributed by atoms with Crippen molar-refractivity contribution in [2.75, 3.05) is 5.32 Å². The van der Waals surface area contributed by atoms with Crippen LogP contribution >= 0.6 is 45.9 Å². The SMILES string of the molecule is Cc1sc(NC(=O)c2ccc(Cl)cc2Cl)c(-c2nc3ccccc3s2)c1C. The molecule has 2 aromatic heterocycles. The maximum atomic E-state index is 12.8. The fraction of sp³-hybridized carbons (Fsp3) is 0.100. The zero-order valence-corrected chi connectivity index (χ0v) is 17.6. The van der Waals surface area contributed by atoms with E-state index < -0.39 is 0 Å². The first-order chi connectivity index (χ1) is 12.9. The lowest BCUT2D eigenvalue weighted by Gasteiger charge is -2.07. The average Bonchev–Trinajstić information content (AvgIpc) is 3.15. The monoisotopic (exact) mass is 432 g/mol. The van der Waals surface area contributed by atoms with E-state index in [0.717, 1.165) is 36.2 Å². The predicted octanol–water partition coefficient (Wildman–Crippen LogP) is 7.20. The number of halogens is 2. The third-order valence-corrected chi connectivity index (χ3v) is 7.02. The number of anilines is 1. The van der Waals surface area contributed by atoms with Gasteiger partial charge in [0, 0.05) is 15.5 Å². The number of rotatable bonds is 3. The third-order valence-electron chi connectivity index (χ3n) is 4.30. The number of nitrogens with one attached hydrogen (secondary N) is 1. The fourth-order valence-electron chi connectivity index (χ4n) is 2.80. The molecule has 0 spiro atoms. The third kappa shape index (κ3) is 3.48. The van der Waals surface area contributed by atoms with Gasteiger partial charge in [-0.15, -0.1) is 22.7 Å². The van der Waals surface area contributed by atoms with Crippen molar-refractivity contribution in [2.45, 2.75) is 13.8 Å². The number of hydrogen-bond acceptors (Lipinski definition) is 4. The molecular weight excluding hydrogens is 419 g/mol. The standard InChI is InChI=1S/C20H14Cl2N2OS2/c1-10-11(2)26-20(24-18(25)13-8-7-12(21)9-14(13)22)17(10)19-23-15-5-3-4-6-16(15)27-19/h3-9H,1-2H3,(H,24,25). The van der Waals surface area contributed by atoms with Crippen LogP contribution in [0.1, 0.15) is 20.8 Å². The highest BCUT2D eigenvalue weighted by molar-refractivity contribution is 7.22. The molecule has 1 amide bonds. The molecule has 136 valence electrons. The van der Waals surface area contributed by atoms with Crippen molar-refractivity contribution in [3.8, 4) is 10.6 Å². The van der Waals surface area contributed by atoms with E-state index in [1.54, 1.807) is 40.9 Å². The number of hydrogen-bond donors (Lipinski definition) is 1. The number of nitrogens with zero attached hydrogens (tertiary/aromatic N) is 1. The quantitative estimate of drug-likeness (QED) is 0.371. The van der Waals surface area contributed by atoms with Gasteiger partial charge in [0.25, 0.3) is 5.91 Å². The maximum Gasteiger partial charge on any atom is 0.257 e. The highest BCUT2D eigenvalue weighted by Gasteiger charge is 2.21. The number of thiazole rings is 1. The van der Waals surface area contributed by atoms with Gasteiger partial charge >= 0.3 is 0 Å². The molecule has 4 aromatic rings. The number of aryl methyl sites for hydroxylation is 1. The van der Waals surface area contributed by atoms with Gasteiger partial charge in [0.15, 0.2) is 0 Å². The number of benzene rings is 2. The van der Waals surface area contributed by atoms with Crippen molar-refractivity contribution in [3.05, 3.63) is 68.5 Å². The molecule has 0 fully saturated rings. The largest absolute Gasteiger partial charge is 0.313 e. The Kier molecular flexibility index (Phi) is 4.95. The first kappa shape index (κ1) is 18.4. The van der Waals surface area contributed by atoms with E-state index in [2.05, 4.69) is 18.3 Å². The van der Waals surface area contributed by atoms with Gasteiger partial charge in [-0.2, -0.15) is 0 Å². The molecule has 1 N–H and O–H groups in total. The van der Waals surface area contributed by atoms with Crippen LogP contribution in [-0.2, 0) is 0 Å². The minimum absolute atomic E-state index is 0.264. The lowest BCUT2D eigenvalue weighted by Crippen LogP contribution is -2.12. The van der Waals surface area contributed by atoms with Crippen LogP contribution in [0.4, 0.5) is 5.00 Å². The molecule has 0 unspecified atom stereocenters. The predicted molar refractivity (Wildman–Crippen MR) is 117 cm³/mol. The minimum atomic E-state index is -0.264.